The van der Waals surface area contributed by atoms with Crippen LogP contribution in [0.15, 0.2) is 80.7 Å². The number of amides is 2. The molecule has 1 aliphatic rings. The Balaban J connectivity index is 1.43. The standard InChI is InChI=1S/C22H18BrN3O3/c23-16-8-4-7-15(11-16)19-10-9-17(29-19)12-25-26-22(28)20-18(13-24-21(20)27)14-5-2-1-3-6-14/h1-12,18,20H,13H2,(H,24,27)(H,26,28)/b25-12-. The van der Waals surface area contributed by atoms with Crippen LogP contribution in [0.5, 0.6) is 0 Å². The first-order chi connectivity index (χ1) is 14.1. The summed E-state index contributed by atoms with van der Waals surface area (Å²) >= 11 is 3.43. The molecule has 1 aromatic heterocycles. The summed E-state index contributed by atoms with van der Waals surface area (Å²) in [6.07, 6.45) is 1.42. The molecule has 0 saturated carbocycles. The van der Waals surface area contributed by atoms with Gasteiger partial charge in [0.25, 0.3) is 5.91 Å². The third-order valence-electron chi connectivity index (χ3n) is 4.79. The van der Waals surface area contributed by atoms with Gasteiger partial charge in [-0.3, -0.25) is 9.59 Å². The van der Waals surface area contributed by atoms with Gasteiger partial charge in [0.2, 0.25) is 5.91 Å². The Hall–Kier alpha value is -3.19. The fourth-order valence-corrected chi connectivity index (χ4v) is 3.78. The second kappa shape index (κ2) is 8.45. The molecule has 1 fully saturated rings. The molecule has 0 bridgehead atoms. The average molecular weight is 452 g/mol. The van der Waals surface area contributed by atoms with E-state index in [-0.39, 0.29) is 11.8 Å². The molecule has 2 heterocycles. The van der Waals surface area contributed by atoms with Crippen LogP contribution in [0, 0.1) is 5.92 Å². The second-order valence-corrected chi connectivity index (χ2v) is 7.60. The summed E-state index contributed by atoms with van der Waals surface area (Å²) in [6.45, 7) is 0.429. The Morgan fingerprint density at radius 3 is 2.76 bits per heavy atom. The van der Waals surface area contributed by atoms with Gasteiger partial charge in [-0.2, -0.15) is 5.10 Å². The predicted octanol–water partition coefficient (Wildman–Crippen LogP) is 3.69. The van der Waals surface area contributed by atoms with E-state index in [1.165, 1.54) is 6.21 Å². The number of furan rings is 1. The number of carbonyl (C=O) groups excluding carboxylic acids is 2. The summed E-state index contributed by atoms with van der Waals surface area (Å²) in [6, 6.07) is 20.9. The van der Waals surface area contributed by atoms with Crippen LogP contribution < -0.4 is 10.7 Å². The van der Waals surface area contributed by atoms with E-state index in [1.54, 1.807) is 6.07 Å². The van der Waals surface area contributed by atoms with Crippen molar-refractivity contribution >= 4 is 34.0 Å². The van der Waals surface area contributed by atoms with Gasteiger partial charge in [0.05, 0.1) is 6.21 Å². The number of hydrogen-bond acceptors (Lipinski definition) is 4. The van der Waals surface area contributed by atoms with Gasteiger partial charge in [0.1, 0.15) is 17.4 Å². The molecule has 2 unspecified atom stereocenters. The number of halogens is 1. The maximum Gasteiger partial charge on any atom is 0.253 e. The first kappa shape index (κ1) is 19.1. The minimum atomic E-state index is -0.816. The summed E-state index contributed by atoms with van der Waals surface area (Å²) in [5.41, 5.74) is 4.33. The number of nitrogens with one attached hydrogen (secondary N) is 2. The average Bonchev–Trinajstić information content (AvgIpc) is 3.35. The Labute approximate surface area is 176 Å². The topological polar surface area (TPSA) is 83.7 Å². The van der Waals surface area contributed by atoms with Crippen LogP contribution in [0.3, 0.4) is 0 Å². The summed E-state index contributed by atoms with van der Waals surface area (Å²) in [4.78, 5) is 24.7. The molecule has 2 atom stereocenters. The summed E-state index contributed by atoms with van der Waals surface area (Å²) in [5.74, 6) is -0.575. The molecule has 146 valence electrons. The number of hydrogen-bond donors (Lipinski definition) is 2. The van der Waals surface area contributed by atoms with E-state index >= 15 is 0 Å². The number of carbonyl (C=O) groups is 2. The molecule has 2 N–H and O–H groups in total. The van der Waals surface area contributed by atoms with Gasteiger partial charge in [-0.05, 0) is 29.8 Å². The highest BCUT2D eigenvalue weighted by Crippen LogP contribution is 2.29. The summed E-state index contributed by atoms with van der Waals surface area (Å²) < 4.78 is 6.70. The quantitative estimate of drug-likeness (QED) is 0.352. The van der Waals surface area contributed by atoms with Crippen molar-refractivity contribution in [1.82, 2.24) is 10.7 Å². The van der Waals surface area contributed by atoms with Crippen molar-refractivity contribution in [2.75, 3.05) is 6.54 Å². The molecule has 1 saturated heterocycles. The number of hydrazone groups is 1. The van der Waals surface area contributed by atoms with Gasteiger partial charge in [0, 0.05) is 22.5 Å². The minimum absolute atomic E-state index is 0.217. The van der Waals surface area contributed by atoms with Crippen LogP contribution >= 0.6 is 15.9 Å². The number of benzene rings is 2. The maximum absolute atomic E-state index is 12.6. The van der Waals surface area contributed by atoms with Crippen molar-refractivity contribution in [3.8, 4) is 11.3 Å². The first-order valence-electron chi connectivity index (χ1n) is 9.13. The van der Waals surface area contributed by atoms with Gasteiger partial charge in [-0.25, -0.2) is 5.43 Å². The van der Waals surface area contributed by atoms with E-state index < -0.39 is 11.8 Å². The molecular formula is C22H18BrN3O3. The zero-order valence-electron chi connectivity index (χ0n) is 15.3. The summed E-state index contributed by atoms with van der Waals surface area (Å²) in [5, 5.41) is 6.72. The Morgan fingerprint density at radius 1 is 1.14 bits per heavy atom. The van der Waals surface area contributed by atoms with Crippen LogP contribution in [-0.4, -0.2) is 24.6 Å². The van der Waals surface area contributed by atoms with Gasteiger partial charge in [-0.15, -0.1) is 0 Å². The van der Waals surface area contributed by atoms with Crippen molar-refractivity contribution in [2.24, 2.45) is 11.0 Å². The van der Waals surface area contributed by atoms with Crippen LogP contribution in [0.4, 0.5) is 0 Å². The molecule has 0 spiro atoms. The third-order valence-corrected chi connectivity index (χ3v) is 5.29. The first-order valence-corrected chi connectivity index (χ1v) is 9.92. The Morgan fingerprint density at radius 2 is 1.97 bits per heavy atom. The highest BCUT2D eigenvalue weighted by molar-refractivity contribution is 9.10. The molecule has 3 aromatic rings. The number of rotatable bonds is 5. The van der Waals surface area contributed by atoms with Crippen molar-refractivity contribution in [3.05, 3.63) is 82.5 Å². The normalized spacial score (nSPS) is 18.7. The SMILES string of the molecule is O=C1NCC(c2ccccc2)C1C(=O)N/N=C\c1ccc(-c2cccc(Br)c2)o1. The van der Waals surface area contributed by atoms with Gasteiger partial charge in [-0.1, -0.05) is 58.4 Å². The van der Waals surface area contributed by atoms with E-state index in [0.717, 1.165) is 15.6 Å². The minimum Gasteiger partial charge on any atom is -0.455 e. The highest BCUT2D eigenvalue weighted by Gasteiger charge is 2.40. The van der Waals surface area contributed by atoms with E-state index in [4.69, 9.17) is 4.42 Å². The largest absolute Gasteiger partial charge is 0.455 e. The second-order valence-electron chi connectivity index (χ2n) is 6.69. The predicted molar refractivity (Wildman–Crippen MR) is 113 cm³/mol. The Kier molecular flexibility index (Phi) is 5.57. The van der Waals surface area contributed by atoms with Crippen LogP contribution in [-0.2, 0) is 9.59 Å². The van der Waals surface area contributed by atoms with Crippen LogP contribution in [0.1, 0.15) is 17.2 Å². The molecule has 0 aliphatic carbocycles. The smallest absolute Gasteiger partial charge is 0.253 e. The lowest BCUT2D eigenvalue weighted by atomic mass is 9.88. The monoisotopic (exact) mass is 451 g/mol. The third kappa shape index (κ3) is 4.30. The fourth-order valence-electron chi connectivity index (χ4n) is 3.38. The van der Waals surface area contributed by atoms with Crippen molar-refractivity contribution < 1.29 is 14.0 Å². The van der Waals surface area contributed by atoms with Crippen molar-refractivity contribution in [2.45, 2.75) is 5.92 Å². The van der Waals surface area contributed by atoms with Crippen LogP contribution in [0.2, 0.25) is 0 Å². The molecule has 2 aromatic carbocycles. The molecule has 6 nitrogen and oxygen atoms in total. The molecule has 2 amide bonds. The lowest BCUT2D eigenvalue weighted by Crippen LogP contribution is -2.34. The van der Waals surface area contributed by atoms with Crippen molar-refractivity contribution in [1.29, 1.82) is 0 Å². The fraction of sp³-hybridized carbons (Fsp3) is 0.136. The molecule has 0 radical (unpaired) electrons. The zero-order valence-corrected chi connectivity index (χ0v) is 16.9. The van der Waals surface area contributed by atoms with Crippen LogP contribution in [0.25, 0.3) is 11.3 Å². The van der Waals surface area contributed by atoms with Gasteiger partial charge in [0.15, 0.2) is 0 Å². The lowest BCUT2D eigenvalue weighted by Gasteiger charge is -2.15. The molecule has 7 heteroatoms. The Bertz CT molecular complexity index is 1060. The molecule has 4 rings (SSSR count). The zero-order chi connectivity index (χ0) is 20.2. The van der Waals surface area contributed by atoms with E-state index in [2.05, 4.69) is 31.8 Å². The van der Waals surface area contributed by atoms with Crippen molar-refractivity contribution in [3.63, 3.8) is 0 Å². The maximum atomic E-state index is 12.6. The van der Waals surface area contributed by atoms with E-state index in [1.807, 2.05) is 60.7 Å². The molecular weight excluding hydrogens is 434 g/mol. The van der Waals surface area contributed by atoms with Gasteiger partial charge < -0.3 is 9.73 Å². The van der Waals surface area contributed by atoms with Gasteiger partial charge >= 0.3 is 0 Å². The lowest BCUT2D eigenvalue weighted by molar-refractivity contribution is -0.133. The highest BCUT2D eigenvalue weighted by atomic mass is 79.9. The number of nitrogens with zero attached hydrogens (tertiary/aromatic N) is 1. The summed E-state index contributed by atoms with van der Waals surface area (Å²) in [7, 11) is 0. The molecule has 29 heavy (non-hydrogen) atoms. The van der Waals surface area contributed by atoms with E-state index in [9.17, 15) is 9.59 Å². The molecule has 1 aliphatic heterocycles. The van der Waals surface area contributed by atoms with E-state index in [0.29, 0.717) is 18.1 Å².